The van der Waals surface area contributed by atoms with Crippen molar-refractivity contribution in [3.05, 3.63) is 53.6 Å². The Morgan fingerprint density at radius 1 is 0.742 bits per heavy atom. The van der Waals surface area contributed by atoms with Crippen LogP contribution in [0.4, 0.5) is 0 Å². The Bertz CT molecular complexity index is 1210. The summed E-state index contributed by atoms with van der Waals surface area (Å²) in [5.74, 6) is 5.20. The Labute approximate surface area is 183 Å². The first-order valence-corrected chi connectivity index (χ1v) is 11.7. The smallest absolute Gasteiger partial charge is 0.123 e. The average molecular weight is 413 g/mol. The molecule has 158 valence electrons. The van der Waals surface area contributed by atoms with Gasteiger partial charge >= 0.3 is 0 Å². The molecule has 0 unspecified atom stereocenters. The Kier molecular flexibility index (Phi) is 3.45. The van der Waals surface area contributed by atoms with Gasteiger partial charge in [0.1, 0.15) is 17.2 Å². The van der Waals surface area contributed by atoms with Crippen molar-refractivity contribution in [3.63, 3.8) is 0 Å². The molecule has 3 nitrogen and oxygen atoms in total. The second-order valence-electron chi connectivity index (χ2n) is 10.3. The van der Waals surface area contributed by atoms with E-state index in [1.807, 2.05) is 12.1 Å². The molecule has 3 aromatic rings. The van der Waals surface area contributed by atoms with E-state index in [1.54, 1.807) is 14.2 Å². The highest BCUT2D eigenvalue weighted by Gasteiger charge is 2.62. The van der Waals surface area contributed by atoms with Crippen LogP contribution in [0, 0.1) is 23.7 Å². The Morgan fingerprint density at radius 3 is 2.06 bits per heavy atom. The minimum atomic E-state index is 0.0121. The molecule has 0 heterocycles. The van der Waals surface area contributed by atoms with Crippen molar-refractivity contribution in [2.45, 2.75) is 37.5 Å². The van der Waals surface area contributed by atoms with Crippen LogP contribution in [0.5, 0.6) is 17.2 Å². The fourth-order valence-corrected chi connectivity index (χ4v) is 8.29. The third-order valence-corrected chi connectivity index (χ3v) is 9.14. The van der Waals surface area contributed by atoms with Gasteiger partial charge in [0.15, 0.2) is 0 Å². The molecule has 31 heavy (non-hydrogen) atoms. The molecule has 1 spiro atoms. The lowest BCUT2D eigenvalue weighted by atomic mass is 9.43. The fourth-order valence-electron chi connectivity index (χ4n) is 8.29. The molecule has 3 aromatic carbocycles. The van der Waals surface area contributed by atoms with Crippen molar-refractivity contribution in [1.82, 2.24) is 0 Å². The van der Waals surface area contributed by atoms with Crippen LogP contribution in [0.1, 0.15) is 43.2 Å². The molecule has 8 rings (SSSR count). The van der Waals surface area contributed by atoms with Crippen molar-refractivity contribution in [1.29, 1.82) is 0 Å². The van der Waals surface area contributed by atoms with Crippen LogP contribution in [0.2, 0.25) is 0 Å². The lowest BCUT2D eigenvalue weighted by Gasteiger charge is -2.61. The molecule has 4 bridgehead atoms. The molecule has 0 radical (unpaired) electrons. The molecule has 5 aliphatic rings. The third-order valence-electron chi connectivity index (χ3n) is 9.14. The van der Waals surface area contributed by atoms with Crippen LogP contribution in [0.15, 0.2) is 42.5 Å². The summed E-state index contributed by atoms with van der Waals surface area (Å²) in [4.78, 5) is 0. The molecule has 3 heteroatoms. The number of phenolic OH excluding ortho intramolecular Hbond substituents is 1. The highest BCUT2D eigenvalue weighted by atomic mass is 16.5. The van der Waals surface area contributed by atoms with Crippen molar-refractivity contribution < 1.29 is 14.6 Å². The Balaban J connectivity index is 1.59. The average Bonchev–Trinajstić information content (AvgIpc) is 3.06. The summed E-state index contributed by atoms with van der Waals surface area (Å²) in [7, 11) is 3.44. The molecule has 0 aliphatic heterocycles. The summed E-state index contributed by atoms with van der Waals surface area (Å²) in [6.45, 7) is 0. The molecular weight excluding hydrogens is 384 g/mol. The normalized spacial score (nSPS) is 31.8. The van der Waals surface area contributed by atoms with E-state index in [-0.39, 0.29) is 5.41 Å². The summed E-state index contributed by atoms with van der Waals surface area (Å²) in [6, 6.07) is 14.9. The monoisotopic (exact) mass is 412 g/mol. The highest BCUT2D eigenvalue weighted by Crippen LogP contribution is 2.70. The van der Waals surface area contributed by atoms with E-state index >= 15 is 0 Å². The van der Waals surface area contributed by atoms with Crippen LogP contribution in [-0.4, -0.2) is 19.3 Å². The van der Waals surface area contributed by atoms with Gasteiger partial charge in [-0.3, -0.25) is 0 Å². The Morgan fingerprint density at radius 2 is 1.39 bits per heavy atom. The largest absolute Gasteiger partial charge is 0.507 e. The molecule has 5 aliphatic carbocycles. The number of fused-ring (bicyclic) bond motifs is 5. The standard InChI is InChI=1S/C28H28O3/c1-30-19-3-5-21-23(12-19)26(29)14-25-27(21)22-6-4-20(31-2)13-24(22)28(25)17-8-15-7-16(10-17)11-18(28)9-15/h3-6,12-18,29H,7-11H2,1-2H3. The number of rotatable bonds is 2. The lowest BCUT2D eigenvalue weighted by Crippen LogP contribution is -2.55. The zero-order valence-corrected chi connectivity index (χ0v) is 18.2. The summed E-state index contributed by atoms with van der Waals surface area (Å²) in [6.07, 6.45) is 6.73. The van der Waals surface area contributed by atoms with Crippen LogP contribution >= 0.6 is 0 Å². The number of phenols is 1. The quantitative estimate of drug-likeness (QED) is 0.538. The maximum Gasteiger partial charge on any atom is 0.123 e. The van der Waals surface area contributed by atoms with Gasteiger partial charge in [-0.2, -0.15) is 0 Å². The highest BCUT2D eigenvalue weighted by molar-refractivity contribution is 6.06. The van der Waals surface area contributed by atoms with Gasteiger partial charge in [0.25, 0.3) is 0 Å². The van der Waals surface area contributed by atoms with Gasteiger partial charge in [0.2, 0.25) is 0 Å². The number of methoxy groups -OCH3 is 2. The molecule has 1 N–H and O–H groups in total. The van der Waals surface area contributed by atoms with Gasteiger partial charge < -0.3 is 14.6 Å². The van der Waals surface area contributed by atoms with Gasteiger partial charge in [-0.25, -0.2) is 0 Å². The van der Waals surface area contributed by atoms with Crippen molar-refractivity contribution in [3.8, 4) is 28.4 Å². The lowest BCUT2D eigenvalue weighted by molar-refractivity contribution is -0.0400. The van der Waals surface area contributed by atoms with Gasteiger partial charge in [-0.05, 0) is 120 Å². The zero-order chi connectivity index (χ0) is 20.9. The number of ether oxygens (including phenoxy) is 2. The molecule has 0 saturated heterocycles. The van der Waals surface area contributed by atoms with Crippen molar-refractivity contribution >= 4 is 10.8 Å². The molecule has 0 amide bonds. The van der Waals surface area contributed by atoms with E-state index in [1.165, 1.54) is 54.4 Å². The number of hydrogen-bond acceptors (Lipinski definition) is 3. The van der Waals surface area contributed by atoms with E-state index in [4.69, 9.17) is 9.47 Å². The number of aromatic hydroxyl groups is 1. The Hall–Kier alpha value is -2.68. The first-order valence-electron chi connectivity index (χ1n) is 11.7. The predicted octanol–water partition coefficient (Wildman–Crippen LogP) is 6.29. The van der Waals surface area contributed by atoms with Crippen LogP contribution in [0.3, 0.4) is 0 Å². The number of hydrogen-bond donors (Lipinski definition) is 1. The first kappa shape index (κ1) is 17.9. The van der Waals surface area contributed by atoms with Crippen molar-refractivity contribution in [2.75, 3.05) is 14.2 Å². The summed E-state index contributed by atoms with van der Waals surface area (Å²) >= 11 is 0. The van der Waals surface area contributed by atoms with Crippen LogP contribution in [-0.2, 0) is 5.41 Å². The van der Waals surface area contributed by atoms with E-state index in [0.717, 1.165) is 34.1 Å². The second-order valence-corrected chi connectivity index (χ2v) is 10.3. The van der Waals surface area contributed by atoms with Crippen LogP contribution in [0.25, 0.3) is 21.9 Å². The molecule has 0 aromatic heterocycles. The van der Waals surface area contributed by atoms with E-state index < -0.39 is 0 Å². The van der Waals surface area contributed by atoms with E-state index in [2.05, 4.69) is 30.3 Å². The maximum absolute atomic E-state index is 11.2. The van der Waals surface area contributed by atoms with Crippen molar-refractivity contribution in [2.24, 2.45) is 23.7 Å². The fraction of sp³-hybridized carbons (Fsp3) is 0.429. The minimum Gasteiger partial charge on any atom is -0.507 e. The molecule has 4 saturated carbocycles. The first-order chi connectivity index (χ1) is 15.1. The van der Waals surface area contributed by atoms with Gasteiger partial charge in [0.05, 0.1) is 14.2 Å². The van der Waals surface area contributed by atoms with Gasteiger partial charge in [0, 0.05) is 10.8 Å². The van der Waals surface area contributed by atoms with Crippen LogP contribution < -0.4 is 9.47 Å². The molecular formula is C28H28O3. The molecule has 0 atom stereocenters. The maximum atomic E-state index is 11.2. The number of benzene rings is 3. The summed E-state index contributed by atoms with van der Waals surface area (Å²) < 4.78 is 11.2. The molecule has 4 fully saturated rings. The summed E-state index contributed by atoms with van der Waals surface area (Å²) in [5, 5.41) is 13.2. The van der Waals surface area contributed by atoms with E-state index in [0.29, 0.717) is 17.6 Å². The summed E-state index contributed by atoms with van der Waals surface area (Å²) in [5.41, 5.74) is 5.47. The predicted molar refractivity (Wildman–Crippen MR) is 122 cm³/mol. The third kappa shape index (κ3) is 2.10. The zero-order valence-electron chi connectivity index (χ0n) is 18.2. The topological polar surface area (TPSA) is 38.7 Å². The van der Waals surface area contributed by atoms with Gasteiger partial charge in [-0.1, -0.05) is 6.07 Å². The van der Waals surface area contributed by atoms with E-state index in [9.17, 15) is 5.11 Å². The van der Waals surface area contributed by atoms with Gasteiger partial charge in [-0.15, -0.1) is 0 Å². The SMILES string of the molecule is COc1ccc2c(c1)C1(c3cc(O)c4cc(OC)ccc4c3-2)C2CC3CC(C2)CC1C3. The minimum absolute atomic E-state index is 0.0121. The second kappa shape index (κ2) is 5.97.